The van der Waals surface area contributed by atoms with Crippen LogP contribution >= 0.6 is 11.8 Å². The van der Waals surface area contributed by atoms with E-state index in [4.69, 9.17) is 4.42 Å². The monoisotopic (exact) mass is 371 g/mol. The zero-order valence-electron chi connectivity index (χ0n) is 13.6. The minimum atomic E-state index is -0.635. The summed E-state index contributed by atoms with van der Waals surface area (Å²) in [7, 11) is 1.22. The van der Waals surface area contributed by atoms with Gasteiger partial charge in [0.15, 0.2) is 0 Å². The molecule has 0 amide bonds. The van der Waals surface area contributed by atoms with Crippen LogP contribution < -0.4 is 0 Å². The van der Waals surface area contributed by atoms with Crippen LogP contribution in [0.25, 0.3) is 11.5 Å². The zero-order valence-corrected chi connectivity index (χ0v) is 14.4. The van der Waals surface area contributed by atoms with Crippen LogP contribution in [0.15, 0.2) is 58.2 Å². The summed E-state index contributed by atoms with van der Waals surface area (Å²) in [6.07, 6.45) is 0. The lowest BCUT2D eigenvalue weighted by Crippen LogP contribution is -2.03. The van der Waals surface area contributed by atoms with E-state index in [1.807, 2.05) is 30.3 Å². The molecule has 0 fully saturated rings. The van der Waals surface area contributed by atoms with Gasteiger partial charge in [0.1, 0.15) is 0 Å². The van der Waals surface area contributed by atoms with Crippen LogP contribution in [0, 0.1) is 10.1 Å². The van der Waals surface area contributed by atoms with E-state index >= 15 is 0 Å². The van der Waals surface area contributed by atoms with Crippen LogP contribution in [-0.2, 0) is 10.5 Å². The molecule has 0 unspecified atom stereocenters. The molecule has 26 heavy (non-hydrogen) atoms. The smallest absolute Gasteiger partial charge is 0.338 e. The number of nitro groups is 1. The van der Waals surface area contributed by atoms with E-state index in [1.165, 1.54) is 31.0 Å². The van der Waals surface area contributed by atoms with Gasteiger partial charge in [-0.25, -0.2) is 4.79 Å². The number of esters is 1. The van der Waals surface area contributed by atoms with Crippen molar-refractivity contribution in [3.8, 4) is 11.5 Å². The second-order valence-electron chi connectivity index (χ2n) is 5.16. The maximum atomic E-state index is 11.7. The lowest BCUT2D eigenvalue weighted by Gasteiger charge is -2.03. The van der Waals surface area contributed by atoms with Gasteiger partial charge in [0.2, 0.25) is 5.89 Å². The van der Waals surface area contributed by atoms with Gasteiger partial charge in [-0.2, -0.15) is 0 Å². The number of carbonyl (C=O) groups is 1. The van der Waals surface area contributed by atoms with Crippen LogP contribution in [0.3, 0.4) is 0 Å². The summed E-state index contributed by atoms with van der Waals surface area (Å²) in [6.45, 7) is 0. The van der Waals surface area contributed by atoms with Crippen molar-refractivity contribution in [2.45, 2.75) is 11.0 Å². The Morgan fingerprint density at radius 2 is 2.00 bits per heavy atom. The number of aromatic nitrogens is 2. The first-order valence-electron chi connectivity index (χ1n) is 7.45. The first kappa shape index (κ1) is 17.6. The number of hydrogen-bond acceptors (Lipinski definition) is 8. The number of non-ortho nitro benzene ring substituents is 1. The highest BCUT2D eigenvalue weighted by Crippen LogP contribution is 2.27. The molecule has 1 heterocycles. The lowest BCUT2D eigenvalue weighted by molar-refractivity contribution is -0.384. The second kappa shape index (κ2) is 7.79. The Kier molecular flexibility index (Phi) is 5.28. The van der Waals surface area contributed by atoms with Gasteiger partial charge in [-0.15, -0.1) is 10.2 Å². The largest absolute Gasteiger partial charge is 0.465 e. The fraction of sp³-hybridized carbons (Fsp3) is 0.118. The van der Waals surface area contributed by atoms with Gasteiger partial charge in [0, 0.05) is 23.4 Å². The molecule has 0 aliphatic rings. The molecular formula is C17H13N3O5S. The van der Waals surface area contributed by atoms with E-state index in [1.54, 1.807) is 6.07 Å². The van der Waals surface area contributed by atoms with Crippen LogP contribution in [0.4, 0.5) is 5.69 Å². The van der Waals surface area contributed by atoms with Crippen LogP contribution in [-0.4, -0.2) is 28.2 Å². The summed E-state index contributed by atoms with van der Waals surface area (Å²) in [5.41, 5.74) is 1.31. The molecule has 2 aromatic carbocycles. The average molecular weight is 371 g/mol. The van der Waals surface area contributed by atoms with Gasteiger partial charge in [-0.3, -0.25) is 10.1 Å². The van der Waals surface area contributed by atoms with Crippen LogP contribution in [0.2, 0.25) is 0 Å². The van der Waals surface area contributed by atoms with Crippen molar-refractivity contribution in [2.75, 3.05) is 7.11 Å². The van der Waals surface area contributed by atoms with E-state index in [2.05, 4.69) is 14.9 Å². The molecule has 9 heteroatoms. The second-order valence-corrected chi connectivity index (χ2v) is 6.09. The van der Waals surface area contributed by atoms with Crippen molar-refractivity contribution < 1.29 is 18.9 Å². The maximum absolute atomic E-state index is 11.7. The number of nitrogens with zero attached hydrogens (tertiary/aromatic N) is 3. The molecule has 0 saturated carbocycles. The molecule has 0 bridgehead atoms. The number of ether oxygens (including phenoxy) is 1. The first-order chi connectivity index (χ1) is 12.6. The first-order valence-corrected chi connectivity index (χ1v) is 8.44. The molecule has 0 spiro atoms. The molecule has 0 saturated heterocycles. The predicted molar refractivity (Wildman–Crippen MR) is 93.7 cm³/mol. The van der Waals surface area contributed by atoms with E-state index in [9.17, 15) is 14.9 Å². The lowest BCUT2D eigenvalue weighted by atomic mass is 10.1. The number of hydrogen-bond donors (Lipinski definition) is 0. The Labute approximate surface area is 152 Å². The van der Waals surface area contributed by atoms with Crippen molar-refractivity contribution in [3.63, 3.8) is 0 Å². The summed E-state index contributed by atoms with van der Waals surface area (Å²) in [5.74, 6) is 0.0775. The number of benzene rings is 2. The summed E-state index contributed by atoms with van der Waals surface area (Å²) < 4.78 is 10.2. The summed E-state index contributed by atoms with van der Waals surface area (Å²) in [4.78, 5) is 22.2. The van der Waals surface area contributed by atoms with Crippen molar-refractivity contribution in [2.24, 2.45) is 0 Å². The molecular weight excluding hydrogens is 358 g/mol. The molecule has 0 aliphatic heterocycles. The van der Waals surface area contributed by atoms with Crippen molar-refractivity contribution >= 4 is 23.4 Å². The van der Waals surface area contributed by atoms with E-state index in [0.717, 1.165) is 5.56 Å². The number of nitro benzene ring substituents is 1. The molecule has 0 aliphatic carbocycles. The zero-order chi connectivity index (χ0) is 18.5. The third-order valence-electron chi connectivity index (χ3n) is 3.40. The van der Waals surface area contributed by atoms with Crippen LogP contribution in [0.5, 0.6) is 0 Å². The van der Waals surface area contributed by atoms with E-state index < -0.39 is 10.9 Å². The highest BCUT2D eigenvalue weighted by atomic mass is 32.2. The fourth-order valence-corrected chi connectivity index (χ4v) is 2.90. The molecule has 1 aromatic heterocycles. The third-order valence-corrected chi connectivity index (χ3v) is 4.29. The molecule has 132 valence electrons. The summed E-state index contributed by atoms with van der Waals surface area (Å²) in [6, 6.07) is 13.4. The third kappa shape index (κ3) is 4.06. The molecule has 3 rings (SSSR count). The summed E-state index contributed by atoms with van der Waals surface area (Å²) >= 11 is 1.22. The number of methoxy groups -OCH3 is 1. The Hall–Kier alpha value is -3.20. The minimum Gasteiger partial charge on any atom is -0.465 e. The number of thioether (sulfide) groups is 1. The number of carbonyl (C=O) groups excluding carboxylic acids is 1. The molecule has 0 N–H and O–H groups in total. The van der Waals surface area contributed by atoms with E-state index in [-0.39, 0.29) is 11.3 Å². The molecule has 8 nitrogen and oxygen atoms in total. The van der Waals surface area contributed by atoms with Crippen molar-refractivity contribution in [1.82, 2.24) is 10.2 Å². The van der Waals surface area contributed by atoms with Gasteiger partial charge in [0.25, 0.3) is 10.9 Å². The maximum Gasteiger partial charge on any atom is 0.338 e. The topological polar surface area (TPSA) is 108 Å². The average Bonchev–Trinajstić information content (AvgIpc) is 3.15. The predicted octanol–water partition coefficient (Wildman–Crippen LogP) is 3.72. The Bertz CT molecular complexity index is 943. The quantitative estimate of drug-likeness (QED) is 0.279. The normalized spacial score (nSPS) is 10.5. The standard InChI is InChI=1S/C17H13N3O5S/c1-24-16(21)13-7-11(8-14(9-13)20(22)23)10-26-17-19-18-15(25-17)12-5-3-2-4-6-12/h2-9H,10H2,1H3. The van der Waals surface area contributed by atoms with Crippen molar-refractivity contribution in [1.29, 1.82) is 0 Å². The Balaban J connectivity index is 1.77. The Morgan fingerprint density at radius 1 is 1.23 bits per heavy atom. The Morgan fingerprint density at radius 3 is 2.69 bits per heavy atom. The SMILES string of the molecule is COC(=O)c1cc(CSc2nnc(-c3ccccc3)o2)cc([N+](=O)[O-])c1. The molecule has 0 atom stereocenters. The highest BCUT2D eigenvalue weighted by Gasteiger charge is 2.16. The fourth-order valence-electron chi connectivity index (χ4n) is 2.21. The van der Waals surface area contributed by atoms with Gasteiger partial charge in [0.05, 0.1) is 17.6 Å². The van der Waals surface area contributed by atoms with Gasteiger partial charge < -0.3 is 9.15 Å². The molecule has 3 aromatic rings. The minimum absolute atomic E-state index is 0.118. The van der Waals surface area contributed by atoms with Gasteiger partial charge in [-0.05, 0) is 23.8 Å². The van der Waals surface area contributed by atoms with Crippen LogP contribution in [0.1, 0.15) is 15.9 Å². The highest BCUT2D eigenvalue weighted by molar-refractivity contribution is 7.98. The number of rotatable bonds is 6. The summed E-state index contributed by atoms with van der Waals surface area (Å²) in [5, 5.41) is 19.3. The van der Waals surface area contributed by atoms with Gasteiger partial charge in [-0.1, -0.05) is 30.0 Å². The van der Waals surface area contributed by atoms with Gasteiger partial charge >= 0.3 is 5.97 Å². The molecule has 0 radical (unpaired) electrons. The van der Waals surface area contributed by atoms with Crippen molar-refractivity contribution in [3.05, 3.63) is 69.8 Å². The van der Waals surface area contributed by atoms with E-state index in [0.29, 0.717) is 22.4 Å².